The van der Waals surface area contributed by atoms with Crippen molar-refractivity contribution in [2.45, 2.75) is 50.1 Å². The summed E-state index contributed by atoms with van der Waals surface area (Å²) in [7, 11) is 0. The number of rotatable bonds is 4. The summed E-state index contributed by atoms with van der Waals surface area (Å²) in [5, 5.41) is 8.86. The average Bonchev–Trinajstić information content (AvgIpc) is 3.16. The lowest BCUT2D eigenvalue weighted by Gasteiger charge is -2.20. The minimum Gasteiger partial charge on any atom is -0.353 e. The lowest BCUT2D eigenvalue weighted by atomic mass is 9.98. The molecule has 1 atom stereocenters. The zero-order valence-electron chi connectivity index (χ0n) is 12.1. The Balaban J connectivity index is 1.53. The second kappa shape index (κ2) is 5.63. The van der Waals surface area contributed by atoms with Gasteiger partial charge in [-0.2, -0.15) is 0 Å². The monoisotopic (exact) mass is 294 g/mol. The van der Waals surface area contributed by atoms with Crippen LogP contribution in [0.4, 0.5) is 4.79 Å². The van der Waals surface area contributed by atoms with E-state index in [1.54, 1.807) is 0 Å². The molecule has 3 N–H and O–H groups in total. The van der Waals surface area contributed by atoms with E-state index < -0.39 is 11.6 Å². The molecule has 3 aliphatic rings. The molecule has 3 fully saturated rings. The van der Waals surface area contributed by atoms with Crippen molar-refractivity contribution in [1.29, 1.82) is 0 Å². The highest BCUT2D eigenvalue weighted by Gasteiger charge is 2.52. The summed E-state index contributed by atoms with van der Waals surface area (Å²) in [4.78, 5) is 37.3. The number of hydrogen-bond acceptors (Lipinski definition) is 4. The Hall–Kier alpha value is -1.63. The topological polar surface area (TPSA) is 90.5 Å². The maximum atomic E-state index is 12.4. The summed E-state index contributed by atoms with van der Waals surface area (Å²) >= 11 is 0. The molecule has 1 saturated carbocycles. The van der Waals surface area contributed by atoms with Crippen molar-refractivity contribution in [1.82, 2.24) is 20.9 Å². The first-order valence-electron chi connectivity index (χ1n) is 7.75. The second-order valence-electron chi connectivity index (χ2n) is 6.21. The molecule has 2 aliphatic heterocycles. The van der Waals surface area contributed by atoms with Crippen LogP contribution in [-0.2, 0) is 9.59 Å². The standard InChI is InChI=1S/C14H22N4O3/c19-11(16-8-10-4-3-7-15-10)9-18-12(20)14(17-13(18)21)5-1-2-6-14/h10,15H,1-9H2,(H,16,19)(H,17,21). The Labute approximate surface area is 123 Å². The molecule has 2 heterocycles. The number of nitrogens with zero attached hydrogens (tertiary/aromatic N) is 1. The van der Waals surface area contributed by atoms with Gasteiger partial charge in [-0.25, -0.2) is 4.79 Å². The third-order valence-electron chi connectivity index (χ3n) is 4.71. The predicted molar refractivity (Wildman–Crippen MR) is 75.5 cm³/mol. The molecular weight excluding hydrogens is 272 g/mol. The van der Waals surface area contributed by atoms with Gasteiger partial charge >= 0.3 is 6.03 Å². The van der Waals surface area contributed by atoms with E-state index in [4.69, 9.17) is 0 Å². The van der Waals surface area contributed by atoms with Crippen molar-refractivity contribution in [2.24, 2.45) is 0 Å². The minimum atomic E-state index is -0.732. The highest BCUT2D eigenvalue weighted by Crippen LogP contribution is 2.34. The average molecular weight is 294 g/mol. The molecular formula is C14H22N4O3. The van der Waals surface area contributed by atoms with Crippen LogP contribution in [0.5, 0.6) is 0 Å². The molecule has 2 saturated heterocycles. The number of carbonyl (C=O) groups is 3. The molecule has 3 rings (SSSR count). The molecule has 0 aromatic heterocycles. The number of amides is 4. The third kappa shape index (κ3) is 2.74. The van der Waals surface area contributed by atoms with E-state index >= 15 is 0 Å². The summed E-state index contributed by atoms with van der Waals surface area (Å²) in [5.41, 5.74) is -0.732. The molecule has 0 aromatic carbocycles. The molecule has 116 valence electrons. The fourth-order valence-corrected chi connectivity index (χ4v) is 3.50. The molecule has 7 nitrogen and oxygen atoms in total. The van der Waals surface area contributed by atoms with Gasteiger partial charge in [-0.05, 0) is 32.2 Å². The molecule has 21 heavy (non-hydrogen) atoms. The van der Waals surface area contributed by atoms with Gasteiger partial charge in [0.15, 0.2) is 0 Å². The van der Waals surface area contributed by atoms with E-state index in [9.17, 15) is 14.4 Å². The number of carbonyl (C=O) groups excluding carboxylic acids is 3. The lowest BCUT2D eigenvalue weighted by molar-refractivity contribution is -0.134. The Bertz CT molecular complexity index is 453. The SMILES string of the molecule is O=C(CN1C(=O)NC2(CCCC2)C1=O)NCC1CCCN1. The van der Waals surface area contributed by atoms with Crippen LogP contribution in [0.25, 0.3) is 0 Å². The van der Waals surface area contributed by atoms with Crippen molar-refractivity contribution in [3.05, 3.63) is 0 Å². The van der Waals surface area contributed by atoms with Gasteiger partial charge < -0.3 is 16.0 Å². The third-order valence-corrected chi connectivity index (χ3v) is 4.71. The minimum absolute atomic E-state index is 0.181. The summed E-state index contributed by atoms with van der Waals surface area (Å²) in [6.45, 7) is 1.35. The van der Waals surface area contributed by atoms with Gasteiger partial charge in [-0.15, -0.1) is 0 Å². The van der Waals surface area contributed by atoms with E-state index in [-0.39, 0.29) is 18.4 Å². The van der Waals surface area contributed by atoms with Crippen LogP contribution in [-0.4, -0.2) is 54.0 Å². The van der Waals surface area contributed by atoms with Crippen LogP contribution in [0.1, 0.15) is 38.5 Å². The van der Waals surface area contributed by atoms with Crippen LogP contribution in [0, 0.1) is 0 Å². The molecule has 1 spiro atoms. The van der Waals surface area contributed by atoms with Gasteiger partial charge in [0.05, 0.1) is 0 Å². The molecule has 0 radical (unpaired) electrons. The molecule has 7 heteroatoms. The van der Waals surface area contributed by atoms with E-state index in [2.05, 4.69) is 16.0 Å². The highest BCUT2D eigenvalue weighted by molar-refractivity contribution is 6.09. The first kappa shape index (κ1) is 14.3. The molecule has 0 bridgehead atoms. The highest BCUT2D eigenvalue weighted by atomic mass is 16.2. The van der Waals surface area contributed by atoms with Crippen molar-refractivity contribution in [3.63, 3.8) is 0 Å². The number of nitrogens with one attached hydrogen (secondary N) is 3. The van der Waals surface area contributed by atoms with Gasteiger partial charge in [-0.3, -0.25) is 14.5 Å². The Kier molecular flexibility index (Phi) is 3.84. The lowest BCUT2D eigenvalue weighted by Crippen LogP contribution is -2.46. The van der Waals surface area contributed by atoms with Crippen LogP contribution < -0.4 is 16.0 Å². The normalized spacial score (nSPS) is 27.4. The zero-order chi connectivity index (χ0) is 14.9. The van der Waals surface area contributed by atoms with E-state index in [0.717, 1.165) is 37.1 Å². The summed E-state index contributed by atoms with van der Waals surface area (Å²) in [5.74, 6) is -0.513. The Morgan fingerprint density at radius 2 is 2.05 bits per heavy atom. The van der Waals surface area contributed by atoms with Crippen LogP contribution >= 0.6 is 0 Å². The number of hydrogen-bond donors (Lipinski definition) is 3. The van der Waals surface area contributed by atoms with Gasteiger partial charge in [0.2, 0.25) is 5.91 Å². The second-order valence-corrected chi connectivity index (χ2v) is 6.21. The first-order chi connectivity index (χ1) is 10.1. The predicted octanol–water partition coefficient (Wildman–Crippen LogP) is -0.281. The smallest absolute Gasteiger partial charge is 0.325 e. The van der Waals surface area contributed by atoms with E-state index in [0.29, 0.717) is 25.4 Å². The molecule has 1 unspecified atom stereocenters. The Morgan fingerprint density at radius 3 is 2.71 bits per heavy atom. The van der Waals surface area contributed by atoms with Crippen molar-refractivity contribution >= 4 is 17.8 Å². The van der Waals surface area contributed by atoms with Crippen molar-refractivity contribution < 1.29 is 14.4 Å². The fraction of sp³-hybridized carbons (Fsp3) is 0.786. The number of urea groups is 1. The van der Waals surface area contributed by atoms with Crippen LogP contribution in [0.15, 0.2) is 0 Å². The van der Waals surface area contributed by atoms with Gasteiger partial charge in [0, 0.05) is 12.6 Å². The quantitative estimate of drug-likeness (QED) is 0.622. The molecule has 4 amide bonds. The largest absolute Gasteiger partial charge is 0.353 e. The van der Waals surface area contributed by atoms with Crippen LogP contribution in [0.2, 0.25) is 0 Å². The maximum absolute atomic E-state index is 12.4. The first-order valence-corrected chi connectivity index (χ1v) is 7.75. The van der Waals surface area contributed by atoms with Gasteiger partial charge in [0.1, 0.15) is 12.1 Å². The maximum Gasteiger partial charge on any atom is 0.325 e. The van der Waals surface area contributed by atoms with Crippen molar-refractivity contribution in [2.75, 3.05) is 19.6 Å². The zero-order valence-corrected chi connectivity index (χ0v) is 12.1. The molecule has 1 aliphatic carbocycles. The fourth-order valence-electron chi connectivity index (χ4n) is 3.50. The van der Waals surface area contributed by atoms with E-state index in [1.165, 1.54) is 0 Å². The summed E-state index contributed by atoms with van der Waals surface area (Å²) in [6, 6.07) is -0.130. The van der Waals surface area contributed by atoms with Gasteiger partial charge in [-0.1, -0.05) is 12.8 Å². The van der Waals surface area contributed by atoms with Crippen molar-refractivity contribution in [3.8, 4) is 0 Å². The Morgan fingerprint density at radius 1 is 1.29 bits per heavy atom. The number of imide groups is 1. The van der Waals surface area contributed by atoms with Gasteiger partial charge in [0.25, 0.3) is 5.91 Å². The summed E-state index contributed by atoms with van der Waals surface area (Å²) in [6.07, 6.45) is 5.42. The summed E-state index contributed by atoms with van der Waals surface area (Å²) < 4.78 is 0. The van der Waals surface area contributed by atoms with E-state index in [1.807, 2.05) is 0 Å². The van der Waals surface area contributed by atoms with Crippen LogP contribution in [0.3, 0.4) is 0 Å². The molecule has 0 aromatic rings.